The Bertz CT molecular complexity index is 848. The fourth-order valence-corrected chi connectivity index (χ4v) is 2.84. The number of ether oxygens (including phenoxy) is 2. The van der Waals surface area contributed by atoms with E-state index in [2.05, 4.69) is 0 Å². The van der Waals surface area contributed by atoms with Crippen molar-refractivity contribution in [2.24, 2.45) is 0 Å². The third-order valence-corrected chi connectivity index (χ3v) is 4.35. The van der Waals surface area contributed by atoms with Crippen molar-refractivity contribution in [3.63, 3.8) is 0 Å². The number of carbonyl (C=O) groups is 1. The number of aromatic hydroxyl groups is 1. The summed E-state index contributed by atoms with van der Waals surface area (Å²) >= 11 is 0. The number of piperidine rings is 1. The number of nitriles is 1. The molecule has 1 saturated heterocycles. The molecule has 160 valence electrons. The number of nitrogens with zero attached hydrogens (tertiary/aromatic N) is 2. The van der Waals surface area contributed by atoms with Crippen LogP contribution in [0.1, 0.15) is 51.2 Å². The molecule has 1 fully saturated rings. The largest absolute Gasteiger partial charge is 0.506 e. The molecule has 1 aliphatic heterocycles. The molecule has 1 aliphatic rings. The second-order valence-electron chi connectivity index (χ2n) is 8.09. The lowest BCUT2D eigenvalue weighted by atomic mass is 10.1. The number of amides is 1. The Labute approximate surface area is 178 Å². The van der Waals surface area contributed by atoms with Gasteiger partial charge in [0.25, 0.3) is 0 Å². The van der Waals surface area contributed by atoms with E-state index in [0.717, 1.165) is 31.5 Å². The molecule has 2 aromatic carbocycles. The van der Waals surface area contributed by atoms with E-state index in [-0.39, 0.29) is 23.0 Å². The van der Waals surface area contributed by atoms with E-state index >= 15 is 0 Å². The zero-order valence-corrected chi connectivity index (χ0v) is 17.9. The topological polar surface area (TPSA) is 82.8 Å². The molecular formula is C24H30N2O4. The van der Waals surface area contributed by atoms with Crippen LogP contribution >= 0.6 is 0 Å². The smallest absolute Gasteiger partial charge is 0.410 e. The van der Waals surface area contributed by atoms with Crippen molar-refractivity contribution in [3.05, 3.63) is 59.7 Å². The molecule has 0 aromatic heterocycles. The Kier molecular flexibility index (Phi) is 8.54. The summed E-state index contributed by atoms with van der Waals surface area (Å²) < 4.78 is 10.8. The summed E-state index contributed by atoms with van der Waals surface area (Å²) in [6.45, 7) is 7.84. The number of benzene rings is 2. The summed E-state index contributed by atoms with van der Waals surface area (Å²) in [5, 5.41) is 18.2. The number of hydrogen-bond donors (Lipinski definition) is 1. The van der Waals surface area contributed by atoms with Crippen molar-refractivity contribution >= 4 is 6.09 Å². The van der Waals surface area contributed by atoms with Crippen molar-refractivity contribution in [1.29, 1.82) is 5.26 Å². The SMILES string of the molecule is CC(C)(C)OC(=O)N1CCCCC1.N#Cc1ccc(OCc2ccccc2)cc1O. The van der Waals surface area contributed by atoms with Crippen LogP contribution in [0.25, 0.3) is 0 Å². The van der Waals surface area contributed by atoms with E-state index < -0.39 is 0 Å². The summed E-state index contributed by atoms with van der Waals surface area (Å²) in [6, 6.07) is 16.3. The predicted octanol–water partition coefficient (Wildman–Crippen LogP) is 5.25. The van der Waals surface area contributed by atoms with Crippen LogP contribution in [-0.4, -0.2) is 34.8 Å². The van der Waals surface area contributed by atoms with Crippen molar-refractivity contribution < 1.29 is 19.4 Å². The van der Waals surface area contributed by atoms with Gasteiger partial charge in [0.1, 0.15) is 29.8 Å². The van der Waals surface area contributed by atoms with Gasteiger partial charge >= 0.3 is 6.09 Å². The van der Waals surface area contributed by atoms with Crippen LogP contribution in [0.5, 0.6) is 11.5 Å². The molecule has 30 heavy (non-hydrogen) atoms. The van der Waals surface area contributed by atoms with Crippen LogP contribution < -0.4 is 4.74 Å². The van der Waals surface area contributed by atoms with Crippen LogP contribution in [0, 0.1) is 11.3 Å². The molecule has 3 rings (SSSR count). The van der Waals surface area contributed by atoms with E-state index in [4.69, 9.17) is 14.7 Å². The van der Waals surface area contributed by atoms with Gasteiger partial charge in [-0.15, -0.1) is 0 Å². The molecule has 0 spiro atoms. The minimum absolute atomic E-state index is 0.0574. The average Bonchev–Trinajstić information content (AvgIpc) is 2.73. The zero-order chi connectivity index (χ0) is 22.0. The first-order valence-corrected chi connectivity index (χ1v) is 10.2. The summed E-state index contributed by atoms with van der Waals surface area (Å²) in [6.07, 6.45) is 3.30. The predicted molar refractivity (Wildman–Crippen MR) is 115 cm³/mol. The van der Waals surface area contributed by atoms with Crippen LogP contribution in [0.15, 0.2) is 48.5 Å². The molecule has 0 radical (unpaired) electrons. The monoisotopic (exact) mass is 410 g/mol. The van der Waals surface area contributed by atoms with Crippen molar-refractivity contribution in [2.45, 2.75) is 52.2 Å². The summed E-state index contributed by atoms with van der Waals surface area (Å²) in [7, 11) is 0. The normalized spacial score (nSPS) is 13.5. The van der Waals surface area contributed by atoms with E-state index in [0.29, 0.717) is 12.4 Å². The molecule has 0 atom stereocenters. The van der Waals surface area contributed by atoms with E-state index in [1.807, 2.05) is 57.2 Å². The van der Waals surface area contributed by atoms with Gasteiger partial charge in [-0.3, -0.25) is 0 Å². The standard InChI is InChI=1S/C14H11NO2.C10H19NO2/c15-9-12-6-7-13(8-14(12)16)17-10-11-4-2-1-3-5-11;1-10(2,3)13-9(12)11-7-5-4-6-8-11/h1-8,16H,10H2;4-8H2,1-3H3. The van der Waals surface area contributed by atoms with Gasteiger partial charge in [-0.2, -0.15) is 5.26 Å². The van der Waals surface area contributed by atoms with Crippen LogP contribution in [0.2, 0.25) is 0 Å². The number of phenolic OH excluding ortho intramolecular Hbond substituents is 1. The summed E-state index contributed by atoms with van der Waals surface area (Å²) in [5.41, 5.74) is 0.933. The van der Waals surface area contributed by atoms with E-state index in [1.165, 1.54) is 18.6 Å². The Morgan fingerprint density at radius 1 is 1.10 bits per heavy atom. The summed E-state index contributed by atoms with van der Waals surface area (Å²) in [5.74, 6) is 0.489. The Balaban J connectivity index is 0.000000222. The maximum Gasteiger partial charge on any atom is 0.410 e. The van der Waals surface area contributed by atoms with Crippen LogP contribution in [0.4, 0.5) is 4.79 Å². The lowest BCUT2D eigenvalue weighted by molar-refractivity contribution is 0.0216. The molecule has 0 aliphatic carbocycles. The second-order valence-corrected chi connectivity index (χ2v) is 8.09. The molecule has 1 amide bonds. The van der Waals surface area contributed by atoms with Gasteiger partial charge in [-0.05, 0) is 57.7 Å². The molecule has 0 unspecified atom stereocenters. The van der Waals surface area contributed by atoms with Crippen molar-refractivity contribution in [1.82, 2.24) is 4.90 Å². The number of phenols is 1. The Morgan fingerprint density at radius 3 is 2.33 bits per heavy atom. The molecule has 6 heteroatoms. The summed E-state index contributed by atoms with van der Waals surface area (Å²) in [4.78, 5) is 13.3. The van der Waals surface area contributed by atoms with E-state index in [9.17, 15) is 9.90 Å². The molecule has 6 nitrogen and oxygen atoms in total. The molecular weight excluding hydrogens is 380 g/mol. The number of hydrogen-bond acceptors (Lipinski definition) is 5. The minimum Gasteiger partial charge on any atom is -0.506 e. The van der Waals surface area contributed by atoms with Crippen molar-refractivity contribution in [2.75, 3.05) is 13.1 Å². The van der Waals surface area contributed by atoms with Gasteiger partial charge in [0.15, 0.2) is 0 Å². The molecule has 1 N–H and O–H groups in total. The number of carbonyl (C=O) groups excluding carboxylic acids is 1. The lowest BCUT2D eigenvalue weighted by Crippen LogP contribution is -2.39. The van der Waals surface area contributed by atoms with Gasteiger partial charge in [-0.25, -0.2) is 4.79 Å². The fraction of sp³-hybridized carbons (Fsp3) is 0.417. The highest BCUT2D eigenvalue weighted by Crippen LogP contribution is 2.23. The average molecular weight is 411 g/mol. The van der Waals surface area contributed by atoms with Gasteiger partial charge < -0.3 is 19.5 Å². The van der Waals surface area contributed by atoms with Crippen molar-refractivity contribution in [3.8, 4) is 17.6 Å². The quantitative estimate of drug-likeness (QED) is 0.747. The third kappa shape index (κ3) is 8.04. The molecule has 0 bridgehead atoms. The first-order chi connectivity index (χ1) is 14.3. The lowest BCUT2D eigenvalue weighted by Gasteiger charge is -2.29. The minimum atomic E-state index is -0.367. The third-order valence-electron chi connectivity index (χ3n) is 4.35. The van der Waals surface area contributed by atoms with Gasteiger partial charge in [0.2, 0.25) is 0 Å². The molecule has 2 aromatic rings. The van der Waals surface area contributed by atoms with Crippen LogP contribution in [-0.2, 0) is 11.3 Å². The highest BCUT2D eigenvalue weighted by atomic mass is 16.6. The van der Waals surface area contributed by atoms with Crippen LogP contribution in [0.3, 0.4) is 0 Å². The number of likely N-dealkylation sites (tertiary alicyclic amines) is 1. The van der Waals surface area contributed by atoms with Gasteiger partial charge in [0, 0.05) is 19.2 Å². The van der Waals surface area contributed by atoms with Gasteiger partial charge in [0.05, 0.1) is 5.56 Å². The first kappa shape index (κ1) is 23.1. The zero-order valence-electron chi connectivity index (χ0n) is 17.9. The first-order valence-electron chi connectivity index (χ1n) is 10.2. The molecule has 0 saturated carbocycles. The Hall–Kier alpha value is -3.20. The fourth-order valence-electron chi connectivity index (χ4n) is 2.84. The number of rotatable bonds is 3. The Morgan fingerprint density at radius 2 is 1.77 bits per heavy atom. The maximum atomic E-state index is 11.5. The second kappa shape index (κ2) is 11.1. The highest BCUT2D eigenvalue weighted by molar-refractivity contribution is 5.68. The van der Waals surface area contributed by atoms with E-state index in [1.54, 1.807) is 11.0 Å². The van der Waals surface area contributed by atoms with Gasteiger partial charge in [-0.1, -0.05) is 30.3 Å². The highest BCUT2D eigenvalue weighted by Gasteiger charge is 2.22. The maximum absolute atomic E-state index is 11.5. The molecule has 1 heterocycles.